The SMILES string of the molecule is CCCCCCCCCCCCCCC(=O)O[C@H](COC(=O)CCCCCCCCCCCCC)COP(=O)(O)OC[C@H](O)COP(=O)(O)OC[C@@H](COC(=O)CCCCCCCCCCCCCC(C)C)OC(=O)CCCCCCCCCCCCCCCC(C)C. The van der Waals surface area contributed by atoms with Gasteiger partial charge in [0.15, 0.2) is 12.2 Å². The Hall–Kier alpha value is -1.94. The quantitative estimate of drug-likeness (QED) is 0.0222. The van der Waals surface area contributed by atoms with Crippen LogP contribution in [-0.4, -0.2) is 96.7 Å². The molecule has 19 heteroatoms. The molecule has 0 saturated carbocycles. The van der Waals surface area contributed by atoms with Crippen LogP contribution in [0.4, 0.5) is 0 Å². The molecule has 0 bridgehead atoms. The number of carbonyl (C=O) groups is 4. The molecular weight excluding hydrogens is 1220 g/mol. The molecular formula is C74H144O17P2. The summed E-state index contributed by atoms with van der Waals surface area (Å²) in [6, 6.07) is 0. The average Bonchev–Trinajstić information content (AvgIpc) is 2.03. The molecule has 2 unspecified atom stereocenters. The van der Waals surface area contributed by atoms with Gasteiger partial charge in [0.25, 0.3) is 0 Å². The lowest BCUT2D eigenvalue weighted by Crippen LogP contribution is -2.30. The molecule has 0 aliphatic carbocycles. The molecule has 17 nitrogen and oxygen atoms in total. The first-order valence-corrected chi connectivity index (χ1v) is 41.5. The van der Waals surface area contributed by atoms with Crippen molar-refractivity contribution in [3.63, 3.8) is 0 Å². The first-order chi connectivity index (χ1) is 44.9. The van der Waals surface area contributed by atoms with Crippen LogP contribution >= 0.6 is 15.6 Å². The molecule has 0 fully saturated rings. The molecule has 5 atom stereocenters. The standard InChI is InChI=1S/C74H144O17P2/c1-7-9-11-13-15-17-19-27-34-40-46-52-58-73(78)90-69(62-84-71(76)56-50-44-38-32-24-18-16-14-12-10-8-2)64-88-92(80,81)86-60-68(75)61-87-93(82,83)89-65-70(63-85-72(77)57-51-45-39-33-29-23-26-31-37-43-49-55-67(5)6)91-74(79)59-53-47-41-35-28-22-20-21-25-30-36-42-48-54-66(3)4/h66-70,75H,7-65H2,1-6H3,(H,80,81)(H,82,83)/t68-,69+,70+/m0/s1. The number of unbranched alkanes of at least 4 members (excludes halogenated alkanes) is 43. The van der Waals surface area contributed by atoms with E-state index >= 15 is 0 Å². The summed E-state index contributed by atoms with van der Waals surface area (Å²) < 4.78 is 68.5. The summed E-state index contributed by atoms with van der Waals surface area (Å²) in [6.07, 6.45) is 52.5. The zero-order chi connectivity index (χ0) is 68.6. The van der Waals surface area contributed by atoms with Gasteiger partial charge in [0, 0.05) is 25.7 Å². The van der Waals surface area contributed by atoms with Gasteiger partial charge in [0.05, 0.1) is 26.4 Å². The number of hydrogen-bond donors (Lipinski definition) is 3. The van der Waals surface area contributed by atoms with E-state index in [4.69, 9.17) is 37.0 Å². The van der Waals surface area contributed by atoms with Crippen molar-refractivity contribution in [3.05, 3.63) is 0 Å². The summed E-state index contributed by atoms with van der Waals surface area (Å²) in [6.45, 7) is 9.60. The first-order valence-electron chi connectivity index (χ1n) is 38.5. The predicted molar refractivity (Wildman–Crippen MR) is 377 cm³/mol. The Morgan fingerprint density at radius 2 is 0.495 bits per heavy atom. The van der Waals surface area contributed by atoms with E-state index in [2.05, 4.69) is 41.5 Å². The third-order valence-electron chi connectivity index (χ3n) is 17.2. The molecule has 93 heavy (non-hydrogen) atoms. The lowest BCUT2D eigenvalue weighted by Gasteiger charge is -2.21. The van der Waals surface area contributed by atoms with Crippen LogP contribution < -0.4 is 0 Å². The van der Waals surface area contributed by atoms with Crippen molar-refractivity contribution >= 4 is 39.5 Å². The highest BCUT2D eigenvalue weighted by molar-refractivity contribution is 7.47. The monoisotopic (exact) mass is 1370 g/mol. The third-order valence-corrected chi connectivity index (χ3v) is 19.1. The number of aliphatic hydroxyl groups is 1. The van der Waals surface area contributed by atoms with E-state index in [-0.39, 0.29) is 25.7 Å². The van der Waals surface area contributed by atoms with E-state index in [9.17, 15) is 43.2 Å². The first kappa shape index (κ1) is 91.1. The van der Waals surface area contributed by atoms with Gasteiger partial charge < -0.3 is 33.8 Å². The molecule has 3 N–H and O–H groups in total. The van der Waals surface area contributed by atoms with E-state index in [1.807, 2.05) is 0 Å². The van der Waals surface area contributed by atoms with Crippen LogP contribution in [0.2, 0.25) is 0 Å². The van der Waals surface area contributed by atoms with Gasteiger partial charge in [-0.15, -0.1) is 0 Å². The summed E-state index contributed by atoms with van der Waals surface area (Å²) in [5.41, 5.74) is 0. The van der Waals surface area contributed by atoms with Crippen LogP contribution in [0.3, 0.4) is 0 Å². The van der Waals surface area contributed by atoms with Gasteiger partial charge >= 0.3 is 39.5 Å². The Kier molecular flexibility index (Phi) is 64.6. The van der Waals surface area contributed by atoms with Crippen molar-refractivity contribution in [2.45, 2.75) is 400 Å². The largest absolute Gasteiger partial charge is 0.472 e. The fraction of sp³-hybridized carbons (Fsp3) is 0.946. The van der Waals surface area contributed by atoms with Gasteiger partial charge in [0.2, 0.25) is 0 Å². The molecule has 0 rings (SSSR count). The summed E-state index contributed by atoms with van der Waals surface area (Å²) >= 11 is 0. The molecule has 0 saturated heterocycles. The number of esters is 4. The Labute approximate surface area is 568 Å². The van der Waals surface area contributed by atoms with Crippen LogP contribution in [0.5, 0.6) is 0 Å². The second kappa shape index (κ2) is 66.0. The number of carbonyl (C=O) groups excluding carboxylic acids is 4. The van der Waals surface area contributed by atoms with Crippen molar-refractivity contribution in [1.29, 1.82) is 0 Å². The molecule has 552 valence electrons. The number of phosphoric ester groups is 2. The molecule has 0 aromatic heterocycles. The smallest absolute Gasteiger partial charge is 0.462 e. The second-order valence-corrected chi connectivity index (χ2v) is 30.5. The van der Waals surface area contributed by atoms with Gasteiger partial charge in [-0.05, 0) is 37.5 Å². The number of ether oxygens (including phenoxy) is 4. The van der Waals surface area contributed by atoms with E-state index in [1.165, 1.54) is 199 Å². The lowest BCUT2D eigenvalue weighted by atomic mass is 10.0. The van der Waals surface area contributed by atoms with Crippen LogP contribution in [0, 0.1) is 11.8 Å². The van der Waals surface area contributed by atoms with E-state index in [0.717, 1.165) is 102 Å². The number of rotatable bonds is 73. The fourth-order valence-electron chi connectivity index (χ4n) is 11.3. The zero-order valence-corrected chi connectivity index (χ0v) is 62.3. The maximum absolute atomic E-state index is 13.1. The zero-order valence-electron chi connectivity index (χ0n) is 60.6. The van der Waals surface area contributed by atoms with Crippen LogP contribution in [0.1, 0.15) is 382 Å². The van der Waals surface area contributed by atoms with Crippen molar-refractivity contribution in [2.24, 2.45) is 11.8 Å². The van der Waals surface area contributed by atoms with Crippen molar-refractivity contribution in [1.82, 2.24) is 0 Å². The Balaban J connectivity index is 5.25. The summed E-state index contributed by atoms with van der Waals surface area (Å²) in [5.74, 6) is -0.558. The Morgan fingerprint density at radius 3 is 0.731 bits per heavy atom. The maximum Gasteiger partial charge on any atom is 0.472 e. The minimum atomic E-state index is -4.96. The highest BCUT2D eigenvalue weighted by atomic mass is 31.2. The fourth-order valence-corrected chi connectivity index (χ4v) is 12.9. The predicted octanol–water partition coefficient (Wildman–Crippen LogP) is 21.6. The highest BCUT2D eigenvalue weighted by Crippen LogP contribution is 2.45. The van der Waals surface area contributed by atoms with Gasteiger partial charge in [-0.2, -0.15) is 0 Å². The van der Waals surface area contributed by atoms with E-state index in [1.54, 1.807) is 0 Å². The topological polar surface area (TPSA) is 237 Å². The normalized spacial score (nSPS) is 14.1. The van der Waals surface area contributed by atoms with Crippen molar-refractivity contribution < 1.29 is 80.2 Å². The molecule has 0 aliphatic rings. The maximum atomic E-state index is 13.1. The van der Waals surface area contributed by atoms with Crippen molar-refractivity contribution in [3.8, 4) is 0 Å². The molecule has 0 spiro atoms. The highest BCUT2D eigenvalue weighted by Gasteiger charge is 2.30. The van der Waals surface area contributed by atoms with E-state index in [0.29, 0.717) is 25.7 Å². The molecule has 0 aliphatic heterocycles. The van der Waals surface area contributed by atoms with Gasteiger partial charge in [-0.25, -0.2) is 9.13 Å². The molecule has 0 aromatic carbocycles. The average molecular weight is 1370 g/mol. The number of phosphoric acid groups is 2. The summed E-state index contributed by atoms with van der Waals surface area (Å²) in [5, 5.41) is 10.6. The molecule has 0 amide bonds. The minimum absolute atomic E-state index is 0.107. The number of aliphatic hydroxyl groups excluding tert-OH is 1. The molecule has 0 radical (unpaired) electrons. The second-order valence-electron chi connectivity index (χ2n) is 27.6. The van der Waals surface area contributed by atoms with Gasteiger partial charge in [-0.1, -0.05) is 330 Å². The van der Waals surface area contributed by atoms with Gasteiger partial charge in [0.1, 0.15) is 19.3 Å². The summed E-state index contributed by atoms with van der Waals surface area (Å²) in [4.78, 5) is 72.7. The summed E-state index contributed by atoms with van der Waals surface area (Å²) in [7, 11) is -9.91. The van der Waals surface area contributed by atoms with Crippen LogP contribution in [-0.2, 0) is 65.4 Å². The third kappa shape index (κ3) is 68.4. The van der Waals surface area contributed by atoms with Gasteiger partial charge in [-0.3, -0.25) is 37.3 Å². The van der Waals surface area contributed by atoms with E-state index < -0.39 is 97.5 Å². The van der Waals surface area contributed by atoms with Crippen LogP contribution in [0.15, 0.2) is 0 Å². The molecule has 0 heterocycles. The van der Waals surface area contributed by atoms with Crippen molar-refractivity contribution in [2.75, 3.05) is 39.6 Å². The Morgan fingerprint density at radius 1 is 0.290 bits per heavy atom. The molecule has 0 aromatic rings. The number of hydrogen-bond acceptors (Lipinski definition) is 15. The van der Waals surface area contributed by atoms with Crippen LogP contribution in [0.25, 0.3) is 0 Å². The lowest BCUT2D eigenvalue weighted by molar-refractivity contribution is -0.161. The Bertz CT molecular complexity index is 1800. The minimum Gasteiger partial charge on any atom is -0.462 e.